The fourth-order valence-corrected chi connectivity index (χ4v) is 11.3. The zero-order valence-corrected chi connectivity index (χ0v) is 36.3. The molecule has 20 heteroatoms. The first-order valence-electron chi connectivity index (χ1n) is 21.5. The van der Waals surface area contributed by atoms with Crippen LogP contribution in [0.2, 0.25) is 0 Å². The maximum absolute atomic E-state index is 15.0. The number of halogens is 3. The van der Waals surface area contributed by atoms with Crippen LogP contribution in [0.15, 0.2) is 30.4 Å². The molecule has 8 rings (SSSR count). The van der Waals surface area contributed by atoms with E-state index in [4.69, 9.17) is 14.2 Å². The van der Waals surface area contributed by atoms with Crippen LogP contribution >= 0.6 is 0 Å². The molecule has 0 radical (unpaired) electrons. The number of aryl methyl sites for hydroxylation is 1. The lowest BCUT2D eigenvalue weighted by molar-refractivity contribution is -0.144. The smallest absolute Gasteiger partial charge is 0.437 e. The van der Waals surface area contributed by atoms with E-state index < -0.39 is 91.1 Å². The Kier molecular flexibility index (Phi) is 11.7. The average Bonchev–Trinajstić information content (AvgIpc) is 4.15. The van der Waals surface area contributed by atoms with Crippen LogP contribution in [0.1, 0.15) is 88.3 Å². The van der Waals surface area contributed by atoms with Crippen molar-refractivity contribution in [3.63, 3.8) is 0 Å². The first-order chi connectivity index (χ1) is 29.8. The third kappa shape index (κ3) is 8.44. The Labute approximate surface area is 363 Å². The number of allylic oxidation sites excluding steroid dienone is 1. The average molecular weight is 903 g/mol. The second-order valence-corrected chi connectivity index (χ2v) is 20.2. The lowest BCUT2D eigenvalue weighted by atomic mass is 9.87. The Morgan fingerprint density at radius 2 is 1.83 bits per heavy atom. The molecule has 342 valence electrons. The monoisotopic (exact) mass is 902 g/mol. The lowest BCUT2D eigenvalue weighted by Crippen LogP contribution is -2.59. The highest BCUT2D eigenvalue weighted by molar-refractivity contribution is 7.91. The zero-order valence-electron chi connectivity index (χ0n) is 35.5. The Morgan fingerprint density at radius 1 is 1.05 bits per heavy atom. The Morgan fingerprint density at radius 3 is 2.52 bits per heavy atom. The molecule has 2 saturated heterocycles. The summed E-state index contributed by atoms with van der Waals surface area (Å²) in [6.07, 6.45) is 2.18. The van der Waals surface area contributed by atoms with E-state index in [0.717, 1.165) is 0 Å². The third-order valence-electron chi connectivity index (χ3n) is 13.8. The summed E-state index contributed by atoms with van der Waals surface area (Å²) in [4.78, 5) is 76.6. The van der Waals surface area contributed by atoms with Crippen molar-refractivity contribution in [1.82, 2.24) is 30.1 Å². The summed E-state index contributed by atoms with van der Waals surface area (Å²) in [5.41, 5.74) is -4.22. The molecule has 2 aliphatic carbocycles. The largest absolute Gasteiger partial charge is 0.497 e. The molecule has 16 nitrogen and oxygen atoms in total. The van der Waals surface area contributed by atoms with Gasteiger partial charge < -0.3 is 34.6 Å². The van der Waals surface area contributed by atoms with E-state index in [9.17, 15) is 45.6 Å². The number of carbonyl (C=O) groups excluding carboxylic acids is 5. The summed E-state index contributed by atoms with van der Waals surface area (Å²) in [7, 11) is 0.131. The maximum atomic E-state index is 15.0. The van der Waals surface area contributed by atoms with Gasteiger partial charge in [-0.2, -0.15) is 13.2 Å². The highest BCUT2D eigenvalue weighted by Crippen LogP contribution is 2.51. The second kappa shape index (κ2) is 16.5. The number of hydrogen-bond acceptors (Lipinski definition) is 11. The topological polar surface area (TPSA) is 203 Å². The summed E-state index contributed by atoms with van der Waals surface area (Å²) in [6.45, 7) is -0.335. The van der Waals surface area contributed by atoms with E-state index >= 15 is 0 Å². The molecular weight excluding hydrogens is 850 g/mol. The fraction of sp³-hybridized carbons (Fsp3) is 0.628. The molecular formula is C43H53F3N6O10S. The number of fused-ring (bicyclic) bond motifs is 5. The number of pyridine rings is 1. The molecule has 0 bridgehead atoms. The number of piperidine rings is 1. The number of methoxy groups -OCH3 is 2. The van der Waals surface area contributed by atoms with Crippen molar-refractivity contribution < 1.29 is 59.8 Å². The number of alkyl halides is 3. The van der Waals surface area contributed by atoms with Gasteiger partial charge in [0, 0.05) is 50.4 Å². The Hall–Kier alpha value is -4.98. The molecule has 1 aromatic carbocycles. The van der Waals surface area contributed by atoms with Gasteiger partial charge in [-0.05, 0) is 76.0 Å². The fourth-order valence-electron chi connectivity index (χ4n) is 9.78. The van der Waals surface area contributed by atoms with Crippen molar-refractivity contribution in [3.05, 3.63) is 41.6 Å². The molecule has 2 aromatic rings. The molecule has 5 amide bonds. The Balaban J connectivity index is 1.16. The molecule has 1 aromatic heterocycles. The van der Waals surface area contributed by atoms with Crippen molar-refractivity contribution in [2.24, 2.45) is 11.8 Å². The first-order valence-corrected chi connectivity index (χ1v) is 23.0. The van der Waals surface area contributed by atoms with Crippen LogP contribution in [0.25, 0.3) is 10.9 Å². The highest BCUT2D eigenvalue weighted by Gasteiger charge is 2.64. The molecule has 6 atom stereocenters. The molecule has 6 aliphatic rings. The summed E-state index contributed by atoms with van der Waals surface area (Å²) in [5, 5.41) is 6.09. The summed E-state index contributed by atoms with van der Waals surface area (Å²) < 4.78 is 89.5. The Bertz CT molecular complexity index is 2360. The number of carbonyl (C=O) groups is 5. The number of aromatic nitrogens is 1. The van der Waals surface area contributed by atoms with Crippen molar-refractivity contribution in [2.75, 3.05) is 41.0 Å². The van der Waals surface area contributed by atoms with Gasteiger partial charge in [-0.25, -0.2) is 13.4 Å². The SMILES string of the molecule is COCC1(S(=O)(=O)NC(=O)[C@@]23C[C@H]2C=CCCCCC[C@H](NC(=O)C2CCC(=O)N(C)C2)C(=O)N2C[C@@]4(CCc5c(c(C(F)(F)F)nc6ccc(OC)cc56)O4)C[C@H]2C(=O)N3)CC1. The van der Waals surface area contributed by atoms with E-state index in [-0.39, 0.29) is 94.5 Å². The minimum Gasteiger partial charge on any atom is -0.497 e. The molecule has 3 N–H and O–H groups in total. The summed E-state index contributed by atoms with van der Waals surface area (Å²) in [5.74, 6) is -4.34. The number of amides is 5. The zero-order chi connectivity index (χ0) is 45.1. The molecule has 5 heterocycles. The summed E-state index contributed by atoms with van der Waals surface area (Å²) in [6, 6.07) is 1.95. The minimum absolute atomic E-state index is 0.0509. The quantitative estimate of drug-likeness (QED) is 0.328. The van der Waals surface area contributed by atoms with E-state index in [1.165, 1.54) is 36.2 Å². The van der Waals surface area contributed by atoms with Crippen molar-refractivity contribution >= 4 is 50.5 Å². The predicted octanol–water partition coefficient (Wildman–Crippen LogP) is 3.30. The molecule has 1 unspecified atom stereocenters. The van der Waals surface area contributed by atoms with Crippen LogP contribution in [0, 0.1) is 11.8 Å². The van der Waals surface area contributed by atoms with Gasteiger partial charge in [0.25, 0.3) is 5.91 Å². The maximum Gasteiger partial charge on any atom is 0.437 e. The number of nitrogens with zero attached hydrogens (tertiary/aromatic N) is 3. The van der Waals surface area contributed by atoms with E-state index in [0.29, 0.717) is 36.8 Å². The minimum atomic E-state index is -4.95. The van der Waals surface area contributed by atoms with Crippen LogP contribution in [0.5, 0.6) is 11.5 Å². The number of benzene rings is 1. The number of nitrogens with one attached hydrogen (secondary N) is 3. The number of hydrogen-bond donors (Lipinski definition) is 3. The van der Waals surface area contributed by atoms with E-state index in [1.54, 1.807) is 19.2 Å². The molecule has 1 spiro atoms. The third-order valence-corrected chi connectivity index (χ3v) is 15.9. The first kappa shape index (κ1) is 44.6. The summed E-state index contributed by atoms with van der Waals surface area (Å²) >= 11 is 0. The van der Waals surface area contributed by atoms with E-state index in [1.807, 2.05) is 6.08 Å². The highest BCUT2D eigenvalue weighted by atomic mass is 32.2. The van der Waals surface area contributed by atoms with Crippen molar-refractivity contribution in [1.29, 1.82) is 0 Å². The molecule has 4 fully saturated rings. The van der Waals surface area contributed by atoms with Gasteiger partial charge in [0.2, 0.25) is 33.7 Å². The van der Waals surface area contributed by atoms with Crippen LogP contribution in [0.3, 0.4) is 0 Å². The van der Waals surface area contributed by atoms with Crippen molar-refractivity contribution in [3.8, 4) is 11.5 Å². The number of ether oxygens (including phenoxy) is 3. The number of likely N-dealkylation sites (tertiary alicyclic amines) is 1. The van der Waals surface area contributed by atoms with Crippen LogP contribution < -0.4 is 24.8 Å². The number of sulfonamides is 1. The molecule has 2 saturated carbocycles. The van der Waals surface area contributed by atoms with Gasteiger partial charge in [0.05, 0.1) is 31.7 Å². The van der Waals surface area contributed by atoms with Gasteiger partial charge in [-0.1, -0.05) is 25.0 Å². The normalized spacial score (nSPS) is 29.7. The van der Waals surface area contributed by atoms with E-state index in [2.05, 4.69) is 20.3 Å². The van der Waals surface area contributed by atoms with Gasteiger partial charge >= 0.3 is 6.18 Å². The second-order valence-electron chi connectivity index (χ2n) is 18.1. The van der Waals surface area contributed by atoms with Gasteiger partial charge in [-0.15, -0.1) is 0 Å². The lowest BCUT2D eigenvalue weighted by Gasteiger charge is -2.37. The molecule has 4 aliphatic heterocycles. The van der Waals surface area contributed by atoms with Crippen molar-refractivity contribution in [2.45, 2.75) is 118 Å². The standard InChI is InChI=1S/C43H53F3N6O10S/c1-51-22-25(11-14-33(51)53)36(54)48-31-10-8-6-4-5-7-9-26-20-42(26,39(57)50-63(58,59)41(17-18-41)24-60-2)49-37(55)32-21-40(23-52(32)38(31)56)16-15-28-29-19-27(61-3)12-13-30(29)47-35(34(28)62-40)43(44,45)46/h7,9,12-13,19,25-26,31-32H,4-6,8,10-11,14-18,20-24H2,1-3H3,(H,48,54)(H,49,55)(H,50,57)/t25?,26-,31+,32+,40-,42-/m1/s1. The molecule has 63 heavy (non-hydrogen) atoms. The van der Waals surface area contributed by atoms with Crippen LogP contribution in [-0.4, -0.2) is 122 Å². The number of rotatable bonds is 8. The van der Waals surface area contributed by atoms with Gasteiger partial charge in [-0.3, -0.25) is 28.7 Å². The van der Waals surface area contributed by atoms with Crippen LogP contribution in [-0.2, 0) is 51.3 Å². The van der Waals surface area contributed by atoms with Gasteiger partial charge in [0.1, 0.15) is 33.7 Å². The van der Waals surface area contributed by atoms with Crippen LogP contribution in [0.4, 0.5) is 13.2 Å². The predicted molar refractivity (Wildman–Crippen MR) is 219 cm³/mol. The van der Waals surface area contributed by atoms with Gasteiger partial charge in [0.15, 0.2) is 11.4 Å².